The van der Waals surface area contributed by atoms with Gasteiger partial charge in [-0.15, -0.1) is 0 Å². The lowest BCUT2D eigenvalue weighted by Crippen LogP contribution is -2.45. The van der Waals surface area contributed by atoms with Gasteiger partial charge in [-0.1, -0.05) is 23.2 Å². The Bertz CT molecular complexity index is 511. The molecule has 0 radical (unpaired) electrons. The quantitative estimate of drug-likeness (QED) is 0.857. The summed E-state index contributed by atoms with van der Waals surface area (Å²) >= 11 is 12.0. The third-order valence-electron chi connectivity index (χ3n) is 4.38. The third-order valence-corrected chi connectivity index (χ3v) is 4.93. The lowest BCUT2D eigenvalue weighted by Gasteiger charge is -2.36. The molecule has 1 aliphatic heterocycles. The van der Waals surface area contributed by atoms with E-state index in [4.69, 9.17) is 23.2 Å². The van der Waals surface area contributed by atoms with E-state index in [0.717, 1.165) is 25.9 Å². The van der Waals surface area contributed by atoms with Gasteiger partial charge in [-0.05, 0) is 63.9 Å². The number of benzene rings is 1. The van der Waals surface area contributed by atoms with Crippen molar-refractivity contribution in [3.63, 3.8) is 0 Å². The molecule has 1 heterocycles. The van der Waals surface area contributed by atoms with Crippen molar-refractivity contribution in [2.75, 3.05) is 13.1 Å². The molecule has 1 aromatic carbocycles. The highest BCUT2D eigenvalue weighted by Crippen LogP contribution is 2.26. The minimum absolute atomic E-state index is 0.0205. The number of aliphatic hydroxyl groups is 1. The molecule has 1 fully saturated rings. The topological polar surface area (TPSA) is 40.5 Å². The second-order valence-corrected chi connectivity index (χ2v) is 6.62. The SMILES string of the molecule is CC(O)C1CCN(C(C)C(=O)c2ccc(Cl)cc2Cl)CC1. The van der Waals surface area contributed by atoms with Crippen LogP contribution in [0.2, 0.25) is 10.0 Å². The van der Waals surface area contributed by atoms with Gasteiger partial charge in [0.1, 0.15) is 0 Å². The second-order valence-electron chi connectivity index (χ2n) is 5.78. The van der Waals surface area contributed by atoms with Crippen LogP contribution in [0.25, 0.3) is 0 Å². The van der Waals surface area contributed by atoms with Crippen LogP contribution in [-0.4, -0.2) is 41.0 Å². The summed E-state index contributed by atoms with van der Waals surface area (Å²) in [6.45, 7) is 5.40. The van der Waals surface area contributed by atoms with Gasteiger partial charge in [0.15, 0.2) is 5.78 Å². The molecule has 0 bridgehead atoms. The number of hydrogen-bond acceptors (Lipinski definition) is 3. The average Bonchev–Trinajstić information content (AvgIpc) is 2.46. The molecule has 1 aromatic rings. The monoisotopic (exact) mass is 329 g/mol. The maximum Gasteiger partial charge on any atom is 0.181 e. The van der Waals surface area contributed by atoms with Crippen LogP contribution < -0.4 is 0 Å². The standard InChI is InChI=1S/C16H21Cl2NO2/c1-10(19-7-5-12(6-8-19)11(2)20)16(21)14-4-3-13(17)9-15(14)18/h3-4,9-12,20H,5-8H2,1-2H3. The van der Waals surface area contributed by atoms with Crippen molar-refractivity contribution in [3.8, 4) is 0 Å². The summed E-state index contributed by atoms with van der Waals surface area (Å²) in [4.78, 5) is 14.7. The minimum Gasteiger partial charge on any atom is -0.393 e. The molecule has 0 aromatic heterocycles. The van der Waals surface area contributed by atoms with E-state index in [1.807, 2.05) is 13.8 Å². The van der Waals surface area contributed by atoms with E-state index < -0.39 is 0 Å². The van der Waals surface area contributed by atoms with E-state index in [-0.39, 0.29) is 17.9 Å². The van der Waals surface area contributed by atoms with Gasteiger partial charge in [-0.25, -0.2) is 0 Å². The van der Waals surface area contributed by atoms with E-state index >= 15 is 0 Å². The van der Waals surface area contributed by atoms with E-state index in [0.29, 0.717) is 21.5 Å². The fourth-order valence-electron chi connectivity index (χ4n) is 2.87. The van der Waals surface area contributed by atoms with Crippen molar-refractivity contribution >= 4 is 29.0 Å². The van der Waals surface area contributed by atoms with Crippen LogP contribution in [0.4, 0.5) is 0 Å². The molecule has 0 saturated carbocycles. The van der Waals surface area contributed by atoms with E-state index in [1.54, 1.807) is 18.2 Å². The zero-order chi connectivity index (χ0) is 15.6. The first kappa shape index (κ1) is 16.8. The highest BCUT2D eigenvalue weighted by molar-refractivity contribution is 6.37. The smallest absolute Gasteiger partial charge is 0.181 e. The lowest BCUT2D eigenvalue weighted by molar-refractivity contribution is 0.0527. The number of piperidine rings is 1. The van der Waals surface area contributed by atoms with Crippen LogP contribution in [0.1, 0.15) is 37.0 Å². The van der Waals surface area contributed by atoms with Gasteiger partial charge in [-0.3, -0.25) is 9.69 Å². The van der Waals surface area contributed by atoms with E-state index in [2.05, 4.69) is 4.90 Å². The number of carbonyl (C=O) groups excluding carboxylic acids is 1. The number of carbonyl (C=O) groups is 1. The van der Waals surface area contributed by atoms with Crippen LogP contribution >= 0.6 is 23.2 Å². The van der Waals surface area contributed by atoms with E-state index in [9.17, 15) is 9.90 Å². The number of likely N-dealkylation sites (tertiary alicyclic amines) is 1. The predicted octanol–water partition coefficient (Wildman–Crippen LogP) is 3.66. The van der Waals surface area contributed by atoms with Gasteiger partial charge in [0.05, 0.1) is 17.2 Å². The van der Waals surface area contributed by atoms with Crippen molar-refractivity contribution in [3.05, 3.63) is 33.8 Å². The molecule has 1 aliphatic rings. The number of Topliss-reactive ketones (excluding diaryl/α,β-unsaturated/α-hetero) is 1. The van der Waals surface area contributed by atoms with Gasteiger partial charge in [0.25, 0.3) is 0 Å². The number of rotatable bonds is 4. The molecular formula is C16H21Cl2NO2. The maximum atomic E-state index is 12.6. The van der Waals surface area contributed by atoms with Crippen LogP contribution in [0, 0.1) is 5.92 Å². The lowest BCUT2D eigenvalue weighted by atomic mass is 9.90. The Morgan fingerprint density at radius 3 is 2.43 bits per heavy atom. The molecular weight excluding hydrogens is 309 g/mol. The fourth-order valence-corrected chi connectivity index (χ4v) is 3.37. The van der Waals surface area contributed by atoms with Crippen molar-refractivity contribution in [1.29, 1.82) is 0 Å². The molecule has 21 heavy (non-hydrogen) atoms. The average molecular weight is 330 g/mol. The molecule has 1 saturated heterocycles. The van der Waals surface area contributed by atoms with Crippen LogP contribution in [0.15, 0.2) is 18.2 Å². The second kappa shape index (κ2) is 7.10. The number of hydrogen-bond donors (Lipinski definition) is 1. The van der Waals surface area contributed by atoms with Crippen molar-refractivity contribution in [2.24, 2.45) is 5.92 Å². The molecule has 0 spiro atoms. The largest absolute Gasteiger partial charge is 0.393 e. The Hall–Kier alpha value is -0.610. The number of nitrogens with zero attached hydrogens (tertiary/aromatic N) is 1. The summed E-state index contributed by atoms with van der Waals surface area (Å²) in [6.07, 6.45) is 1.57. The van der Waals surface area contributed by atoms with Crippen LogP contribution in [-0.2, 0) is 0 Å². The number of ketones is 1. The minimum atomic E-state index is -0.274. The first-order chi connectivity index (χ1) is 9.90. The Labute approximate surface area is 135 Å². The Kier molecular flexibility index (Phi) is 5.67. The summed E-state index contributed by atoms with van der Waals surface area (Å²) in [7, 11) is 0. The molecule has 5 heteroatoms. The molecule has 2 unspecified atom stereocenters. The molecule has 3 nitrogen and oxygen atoms in total. The Balaban J connectivity index is 2.03. The summed E-state index contributed by atoms with van der Waals surface area (Å²) in [5.74, 6) is 0.356. The van der Waals surface area contributed by atoms with Gasteiger partial charge >= 0.3 is 0 Å². The molecule has 2 atom stereocenters. The summed E-state index contributed by atoms with van der Waals surface area (Å²) in [5.41, 5.74) is 0.520. The highest BCUT2D eigenvalue weighted by atomic mass is 35.5. The van der Waals surface area contributed by atoms with Gasteiger partial charge in [-0.2, -0.15) is 0 Å². The molecule has 0 aliphatic carbocycles. The van der Waals surface area contributed by atoms with Gasteiger partial charge in [0, 0.05) is 10.6 Å². The summed E-state index contributed by atoms with van der Waals surface area (Å²) in [6, 6.07) is 4.76. The number of halogens is 2. The first-order valence-electron chi connectivity index (χ1n) is 7.31. The van der Waals surface area contributed by atoms with Crippen molar-refractivity contribution in [1.82, 2.24) is 4.90 Å². The molecule has 0 amide bonds. The number of aliphatic hydroxyl groups excluding tert-OH is 1. The normalized spacial score (nSPS) is 20.2. The van der Waals surface area contributed by atoms with Crippen LogP contribution in [0.3, 0.4) is 0 Å². The molecule has 2 rings (SSSR count). The van der Waals surface area contributed by atoms with Gasteiger partial charge < -0.3 is 5.11 Å². The predicted molar refractivity (Wildman–Crippen MR) is 86.2 cm³/mol. The van der Waals surface area contributed by atoms with E-state index in [1.165, 1.54) is 0 Å². The first-order valence-corrected chi connectivity index (χ1v) is 8.07. The zero-order valence-electron chi connectivity index (χ0n) is 12.4. The zero-order valence-corrected chi connectivity index (χ0v) is 13.9. The molecule has 116 valence electrons. The summed E-state index contributed by atoms with van der Waals surface area (Å²) < 4.78 is 0. The molecule has 1 N–H and O–H groups in total. The van der Waals surface area contributed by atoms with Crippen molar-refractivity contribution in [2.45, 2.75) is 38.8 Å². The third kappa shape index (κ3) is 3.98. The Morgan fingerprint density at radius 1 is 1.29 bits per heavy atom. The maximum absolute atomic E-state index is 12.6. The van der Waals surface area contributed by atoms with Gasteiger partial charge in [0.2, 0.25) is 0 Å². The van der Waals surface area contributed by atoms with Crippen LogP contribution in [0.5, 0.6) is 0 Å². The Morgan fingerprint density at radius 2 is 1.90 bits per heavy atom. The summed E-state index contributed by atoms with van der Waals surface area (Å²) in [5, 5.41) is 10.6. The van der Waals surface area contributed by atoms with Crippen molar-refractivity contribution < 1.29 is 9.90 Å². The fraction of sp³-hybridized carbons (Fsp3) is 0.562. The highest BCUT2D eigenvalue weighted by Gasteiger charge is 2.29.